The van der Waals surface area contributed by atoms with E-state index in [1.165, 1.54) is 12.1 Å². The van der Waals surface area contributed by atoms with Gasteiger partial charge < -0.3 is 9.84 Å². The monoisotopic (exact) mass is 250 g/mol. The Morgan fingerprint density at radius 1 is 1.28 bits per heavy atom. The molecule has 6 nitrogen and oxygen atoms in total. The second-order valence-electron chi connectivity index (χ2n) is 3.96. The fourth-order valence-electron chi connectivity index (χ4n) is 1.72. The number of phenols is 1. The Morgan fingerprint density at radius 2 is 2.06 bits per heavy atom. The van der Waals surface area contributed by atoms with Gasteiger partial charge in [0.05, 0.1) is 5.56 Å². The highest BCUT2D eigenvalue weighted by Gasteiger charge is 2.24. The minimum atomic E-state index is -0.570. The molecule has 0 aromatic heterocycles. The van der Waals surface area contributed by atoms with Crippen molar-refractivity contribution < 1.29 is 19.4 Å². The summed E-state index contributed by atoms with van der Waals surface area (Å²) in [6.45, 7) is 0.561. The summed E-state index contributed by atoms with van der Waals surface area (Å²) in [6, 6.07) is 6.09. The van der Waals surface area contributed by atoms with Gasteiger partial charge in [-0.2, -0.15) is 0 Å². The number of amides is 2. The van der Waals surface area contributed by atoms with Gasteiger partial charge in [0.15, 0.2) is 0 Å². The van der Waals surface area contributed by atoms with E-state index < -0.39 is 12.0 Å². The van der Waals surface area contributed by atoms with Crippen LogP contribution in [0.2, 0.25) is 0 Å². The smallest absolute Gasteiger partial charge is 0.273 e. The Morgan fingerprint density at radius 3 is 2.72 bits per heavy atom. The van der Waals surface area contributed by atoms with Crippen LogP contribution >= 0.6 is 0 Å². The number of hydrazine groups is 1. The number of ether oxygens (including phenoxy) is 1. The number of para-hydroxylation sites is 1. The zero-order valence-electron chi connectivity index (χ0n) is 9.68. The summed E-state index contributed by atoms with van der Waals surface area (Å²) in [5.41, 5.74) is 4.62. The normalized spacial score (nSPS) is 18.3. The molecule has 0 spiro atoms. The van der Waals surface area contributed by atoms with Gasteiger partial charge in [0.25, 0.3) is 11.8 Å². The summed E-state index contributed by atoms with van der Waals surface area (Å²) in [5, 5.41) is 9.46. The molecule has 3 N–H and O–H groups in total. The molecule has 1 aromatic rings. The molecule has 0 aliphatic carbocycles. The van der Waals surface area contributed by atoms with Crippen LogP contribution in [0.5, 0.6) is 5.75 Å². The highest BCUT2D eigenvalue weighted by molar-refractivity contribution is 5.98. The van der Waals surface area contributed by atoms with Crippen LogP contribution in [0.1, 0.15) is 23.2 Å². The molecule has 0 saturated carbocycles. The maximum atomic E-state index is 11.7. The quantitative estimate of drug-likeness (QED) is 0.660. The van der Waals surface area contributed by atoms with Crippen molar-refractivity contribution in [1.82, 2.24) is 10.9 Å². The Hall–Kier alpha value is -2.08. The van der Waals surface area contributed by atoms with Gasteiger partial charge in [-0.05, 0) is 25.0 Å². The molecule has 1 aliphatic rings. The van der Waals surface area contributed by atoms with Crippen LogP contribution in [0.15, 0.2) is 24.3 Å². The Bertz CT molecular complexity index is 455. The average molecular weight is 250 g/mol. The van der Waals surface area contributed by atoms with Crippen molar-refractivity contribution in [1.29, 1.82) is 0 Å². The zero-order chi connectivity index (χ0) is 13.0. The molecule has 0 bridgehead atoms. The van der Waals surface area contributed by atoms with Crippen LogP contribution in [-0.4, -0.2) is 29.6 Å². The number of benzene rings is 1. The summed E-state index contributed by atoms with van der Waals surface area (Å²) in [4.78, 5) is 23.2. The number of nitrogens with one attached hydrogen (secondary N) is 2. The van der Waals surface area contributed by atoms with Gasteiger partial charge in [0.1, 0.15) is 11.9 Å². The lowest BCUT2D eigenvalue weighted by Crippen LogP contribution is -2.46. The summed E-state index contributed by atoms with van der Waals surface area (Å²) in [7, 11) is 0. The summed E-state index contributed by atoms with van der Waals surface area (Å²) in [6.07, 6.45) is 0.985. The van der Waals surface area contributed by atoms with Gasteiger partial charge in [0.2, 0.25) is 0 Å². The van der Waals surface area contributed by atoms with Crippen molar-refractivity contribution in [3.63, 3.8) is 0 Å². The van der Waals surface area contributed by atoms with Crippen LogP contribution in [0, 0.1) is 0 Å². The van der Waals surface area contributed by atoms with E-state index in [2.05, 4.69) is 10.9 Å². The van der Waals surface area contributed by atoms with Gasteiger partial charge in [-0.1, -0.05) is 12.1 Å². The van der Waals surface area contributed by atoms with Crippen molar-refractivity contribution in [3.05, 3.63) is 29.8 Å². The highest BCUT2D eigenvalue weighted by Crippen LogP contribution is 2.15. The number of aromatic hydroxyl groups is 1. The van der Waals surface area contributed by atoms with E-state index in [0.717, 1.165) is 6.42 Å². The second-order valence-corrected chi connectivity index (χ2v) is 3.96. The SMILES string of the molecule is O=C(NNC(=O)C1CCCO1)c1ccccc1O. The number of carbonyl (C=O) groups is 2. The lowest BCUT2D eigenvalue weighted by atomic mass is 10.2. The molecule has 1 heterocycles. The Labute approximate surface area is 104 Å². The lowest BCUT2D eigenvalue weighted by molar-refractivity contribution is -0.130. The van der Waals surface area contributed by atoms with Gasteiger partial charge in [-0.25, -0.2) is 0 Å². The number of carbonyl (C=O) groups excluding carboxylic acids is 2. The number of hydrogen-bond acceptors (Lipinski definition) is 4. The molecule has 0 radical (unpaired) electrons. The van der Waals surface area contributed by atoms with Gasteiger partial charge >= 0.3 is 0 Å². The number of rotatable bonds is 2. The Kier molecular flexibility index (Phi) is 3.78. The first kappa shape index (κ1) is 12.4. The molecule has 1 atom stereocenters. The van der Waals surface area contributed by atoms with E-state index in [1.807, 2.05) is 0 Å². The van der Waals surface area contributed by atoms with Gasteiger partial charge in [-0.3, -0.25) is 20.4 Å². The van der Waals surface area contributed by atoms with Crippen molar-refractivity contribution in [2.24, 2.45) is 0 Å². The van der Waals surface area contributed by atoms with Crippen LogP contribution < -0.4 is 10.9 Å². The number of hydrogen-bond donors (Lipinski definition) is 3. The fraction of sp³-hybridized carbons (Fsp3) is 0.333. The first-order valence-corrected chi connectivity index (χ1v) is 5.68. The first-order chi connectivity index (χ1) is 8.68. The molecule has 1 saturated heterocycles. The third-order valence-electron chi connectivity index (χ3n) is 2.67. The van der Waals surface area contributed by atoms with Crippen molar-refractivity contribution in [2.75, 3.05) is 6.61 Å². The maximum absolute atomic E-state index is 11.7. The largest absolute Gasteiger partial charge is 0.507 e. The minimum absolute atomic E-state index is 0.102. The molecular weight excluding hydrogens is 236 g/mol. The third kappa shape index (κ3) is 2.78. The molecule has 1 aromatic carbocycles. The lowest BCUT2D eigenvalue weighted by Gasteiger charge is -2.11. The molecule has 18 heavy (non-hydrogen) atoms. The van der Waals surface area contributed by atoms with Gasteiger partial charge in [-0.15, -0.1) is 0 Å². The first-order valence-electron chi connectivity index (χ1n) is 5.68. The van der Waals surface area contributed by atoms with E-state index in [9.17, 15) is 14.7 Å². The molecular formula is C12H14N2O4. The van der Waals surface area contributed by atoms with Crippen molar-refractivity contribution in [3.8, 4) is 5.75 Å². The molecule has 6 heteroatoms. The maximum Gasteiger partial charge on any atom is 0.273 e. The molecule has 2 amide bonds. The highest BCUT2D eigenvalue weighted by atomic mass is 16.5. The van der Waals surface area contributed by atoms with E-state index in [-0.39, 0.29) is 17.2 Å². The fourth-order valence-corrected chi connectivity index (χ4v) is 1.72. The molecule has 1 fully saturated rings. The van der Waals surface area contributed by atoms with Crippen LogP contribution in [0.25, 0.3) is 0 Å². The van der Waals surface area contributed by atoms with Crippen LogP contribution in [0.4, 0.5) is 0 Å². The van der Waals surface area contributed by atoms with Crippen LogP contribution in [0.3, 0.4) is 0 Å². The summed E-state index contributed by atoms with van der Waals surface area (Å²) >= 11 is 0. The van der Waals surface area contributed by atoms with Gasteiger partial charge in [0, 0.05) is 6.61 Å². The molecule has 1 aliphatic heterocycles. The van der Waals surface area contributed by atoms with Crippen LogP contribution in [-0.2, 0) is 9.53 Å². The van der Waals surface area contributed by atoms with Crippen molar-refractivity contribution >= 4 is 11.8 Å². The predicted molar refractivity (Wildman–Crippen MR) is 62.7 cm³/mol. The van der Waals surface area contributed by atoms with E-state index in [1.54, 1.807) is 12.1 Å². The topological polar surface area (TPSA) is 87.7 Å². The summed E-state index contributed by atoms with van der Waals surface area (Å²) < 4.78 is 5.16. The van der Waals surface area contributed by atoms with E-state index in [0.29, 0.717) is 13.0 Å². The van der Waals surface area contributed by atoms with E-state index >= 15 is 0 Å². The average Bonchev–Trinajstić information content (AvgIpc) is 2.90. The standard InChI is InChI=1S/C12H14N2O4/c15-9-5-2-1-4-8(9)11(16)13-14-12(17)10-6-3-7-18-10/h1-2,4-5,10,15H,3,6-7H2,(H,13,16)(H,14,17). The number of phenolic OH excluding ortho intramolecular Hbond substituents is 1. The minimum Gasteiger partial charge on any atom is -0.507 e. The second kappa shape index (κ2) is 5.50. The molecule has 1 unspecified atom stereocenters. The third-order valence-corrected chi connectivity index (χ3v) is 2.67. The van der Waals surface area contributed by atoms with Crippen molar-refractivity contribution in [2.45, 2.75) is 18.9 Å². The Balaban J connectivity index is 1.88. The predicted octanol–water partition coefficient (Wildman–Crippen LogP) is 0.332. The molecule has 2 rings (SSSR count). The van der Waals surface area contributed by atoms with E-state index in [4.69, 9.17) is 4.74 Å². The summed E-state index contributed by atoms with van der Waals surface area (Å²) in [5.74, 6) is -1.09. The zero-order valence-corrected chi connectivity index (χ0v) is 9.68. The molecule has 96 valence electrons.